The second-order valence-corrected chi connectivity index (χ2v) is 10.4. The number of benzene rings is 1. The van der Waals surface area contributed by atoms with Crippen molar-refractivity contribution in [2.24, 2.45) is 5.41 Å². The number of alkyl halides is 3. The third-order valence-electron chi connectivity index (χ3n) is 7.67. The Labute approximate surface area is 203 Å². The van der Waals surface area contributed by atoms with Crippen molar-refractivity contribution in [3.8, 4) is 0 Å². The van der Waals surface area contributed by atoms with Crippen molar-refractivity contribution in [2.45, 2.75) is 70.8 Å². The molecule has 0 saturated carbocycles. The molecule has 2 atom stereocenters. The van der Waals surface area contributed by atoms with Crippen LogP contribution in [0.2, 0.25) is 0 Å². The third-order valence-corrected chi connectivity index (χ3v) is 7.67. The lowest BCUT2D eigenvalue weighted by atomic mass is 9.72. The van der Waals surface area contributed by atoms with Crippen LogP contribution in [-0.2, 0) is 16.1 Å². The Morgan fingerprint density at radius 1 is 1.17 bits per heavy atom. The summed E-state index contributed by atoms with van der Waals surface area (Å²) < 4.78 is 42.6. The first kappa shape index (κ1) is 25.6. The number of hydrogen-bond donors (Lipinski definition) is 1. The minimum absolute atomic E-state index is 0.0615. The molecule has 1 spiro atoms. The van der Waals surface area contributed by atoms with E-state index in [1.54, 1.807) is 0 Å². The summed E-state index contributed by atoms with van der Waals surface area (Å²) in [6.45, 7) is 6.79. The number of rotatable bonds is 5. The molecule has 35 heavy (non-hydrogen) atoms. The molecule has 3 aliphatic rings. The largest absolute Gasteiger partial charge is 0.480 e. The van der Waals surface area contributed by atoms with E-state index >= 15 is 0 Å². The summed E-state index contributed by atoms with van der Waals surface area (Å²) in [5.74, 6) is -0.782. The molecule has 3 heterocycles. The van der Waals surface area contributed by atoms with Gasteiger partial charge in [-0.2, -0.15) is 13.2 Å². The Balaban J connectivity index is 1.34. The van der Waals surface area contributed by atoms with Crippen molar-refractivity contribution in [1.82, 2.24) is 9.80 Å². The molecule has 4 rings (SSSR count). The van der Waals surface area contributed by atoms with Gasteiger partial charge in [-0.3, -0.25) is 4.90 Å². The Hall–Kier alpha value is -2.49. The number of halogens is 3. The zero-order valence-electron chi connectivity index (χ0n) is 20.3. The molecular formula is C25H34F3N3O4. The number of carboxylic acid groups (broad SMARTS) is 1. The molecular weight excluding hydrogens is 463 g/mol. The van der Waals surface area contributed by atoms with E-state index in [0.717, 1.165) is 75.6 Å². The van der Waals surface area contributed by atoms with Gasteiger partial charge in [0.1, 0.15) is 6.04 Å². The number of hydrogen-bond acceptors (Lipinski definition) is 5. The van der Waals surface area contributed by atoms with E-state index in [1.807, 2.05) is 11.8 Å². The summed E-state index contributed by atoms with van der Waals surface area (Å²) in [5, 5.41) is 9.74. The monoisotopic (exact) mass is 497 g/mol. The van der Waals surface area contributed by atoms with Gasteiger partial charge in [0.05, 0.1) is 0 Å². The summed E-state index contributed by atoms with van der Waals surface area (Å²) in [4.78, 5) is 29.7. The standard InChI is InChI=1S/C25H34F3N3O4/c1-17-6-7-19(21(13-17)31-10-4-3-5-20(31)22(32)33)14-29-15-24(16-29)8-11-30(12-9-24)23(34)35-18(2)25(26,27)28/h6-7,13,18,20H,3-5,8-12,14-16H2,1-2H3,(H,32,33). The fraction of sp³-hybridized carbons (Fsp3) is 0.680. The van der Waals surface area contributed by atoms with Crippen molar-refractivity contribution >= 4 is 17.7 Å². The van der Waals surface area contributed by atoms with E-state index in [2.05, 4.69) is 27.8 Å². The highest BCUT2D eigenvalue weighted by Gasteiger charge is 2.46. The average Bonchev–Trinajstić information content (AvgIpc) is 2.78. The lowest BCUT2D eigenvalue weighted by molar-refractivity contribution is -0.200. The van der Waals surface area contributed by atoms with Crippen LogP contribution in [0.3, 0.4) is 0 Å². The van der Waals surface area contributed by atoms with Gasteiger partial charge in [0.15, 0.2) is 6.10 Å². The van der Waals surface area contributed by atoms with Crippen molar-refractivity contribution in [3.05, 3.63) is 29.3 Å². The van der Waals surface area contributed by atoms with Gasteiger partial charge in [-0.25, -0.2) is 9.59 Å². The van der Waals surface area contributed by atoms with Crippen molar-refractivity contribution < 1.29 is 32.6 Å². The number of aryl methyl sites for hydroxylation is 1. The van der Waals surface area contributed by atoms with E-state index in [9.17, 15) is 27.9 Å². The molecule has 1 N–H and O–H groups in total. The third kappa shape index (κ3) is 5.68. The van der Waals surface area contributed by atoms with E-state index < -0.39 is 30.4 Å². The fourth-order valence-electron chi connectivity index (χ4n) is 5.58. The predicted octanol–water partition coefficient (Wildman–Crippen LogP) is 4.42. The van der Waals surface area contributed by atoms with Gasteiger partial charge >= 0.3 is 18.2 Å². The Bertz CT molecular complexity index is 938. The molecule has 1 aromatic rings. The Kier molecular flexibility index (Phi) is 7.22. The lowest BCUT2D eigenvalue weighted by Gasteiger charge is -2.54. The number of carboxylic acids is 1. The molecule has 1 aromatic carbocycles. The van der Waals surface area contributed by atoms with Crippen LogP contribution in [-0.4, -0.2) is 78.0 Å². The molecule has 0 radical (unpaired) electrons. The van der Waals surface area contributed by atoms with Crippen LogP contribution in [0.1, 0.15) is 50.2 Å². The van der Waals surface area contributed by atoms with Crippen LogP contribution in [0.15, 0.2) is 18.2 Å². The molecule has 2 unspecified atom stereocenters. The van der Waals surface area contributed by atoms with Crippen molar-refractivity contribution in [3.63, 3.8) is 0 Å². The highest BCUT2D eigenvalue weighted by Crippen LogP contribution is 2.42. The van der Waals surface area contributed by atoms with Gasteiger partial charge in [-0.15, -0.1) is 0 Å². The second kappa shape index (κ2) is 9.87. The smallest absolute Gasteiger partial charge is 0.425 e. The Morgan fingerprint density at radius 3 is 2.49 bits per heavy atom. The highest BCUT2D eigenvalue weighted by atomic mass is 19.4. The molecule has 0 aromatic heterocycles. The van der Waals surface area contributed by atoms with Crippen molar-refractivity contribution in [1.29, 1.82) is 0 Å². The number of carbonyl (C=O) groups is 2. The van der Waals surface area contributed by atoms with E-state index in [4.69, 9.17) is 0 Å². The first-order valence-corrected chi connectivity index (χ1v) is 12.3. The predicted molar refractivity (Wildman–Crippen MR) is 124 cm³/mol. The average molecular weight is 498 g/mol. The number of anilines is 1. The number of carbonyl (C=O) groups excluding carboxylic acids is 1. The van der Waals surface area contributed by atoms with E-state index in [-0.39, 0.29) is 5.41 Å². The maximum absolute atomic E-state index is 12.7. The lowest BCUT2D eigenvalue weighted by Crippen LogP contribution is -2.60. The second-order valence-electron chi connectivity index (χ2n) is 10.4. The molecule has 0 bridgehead atoms. The molecule has 194 valence electrons. The molecule has 1 amide bonds. The Morgan fingerprint density at radius 2 is 1.86 bits per heavy atom. The van der Waals surface area contributed by atoms with Crippen LogP contribution in [0.5, 0.6) is 0 Å². The molecule has 3 fully saturated rings. The normalized spacial score (nSPS) is 23.6. The van der Waals surface area contributed by atoms with Gasteiger partial charge in [0, 0.05) is 45.0 Å². The first-order chi connectivity index (χ1) is 16.5. The van der Waals surface area contributed by atoms with Gasteiger partial charge in [0.25, 0.3) is 0 Å². The zero-order valence-corrected chi connectivity index (χ0v) is 20.3. The molecule has 10 heteroatoms. The highest BCUT2D eigenvalue weighted by molar-refractivity contribution is 5.79. The maximum Gasteiger partial charge on any atom is 0.425 e. The summed E-state index contributed by atoms with van der Waals surface area (Å²) in [6.07, 6.45) is -3.58. The molecule has 3 aliphatic heterocycles. The number of piperidine rings is 2. The maximum atomic E-state index is 12.7. The number of nitrogens with zero attached hydrogens (tertiary/aromatic N) is 3. The zero-order chi connectivity index (χ0) is 25.4. The first-order valence-electron chi connectivity index (χ1n) is 12.3. The molecule has 3 saturated heterocycles. The number of likely N-dealkylation sites (tertiary alicyclic amines) is 2. The van der Waals surface area contributed by atoms with Gasteiger partial charge < -0.3 is 19.6 Å². The van der Waals surface area contributed by atoms with Gasteiger partial charge in [-0.05, 0) is 68.6 Å². The van der Waals surface area contributed by atoms with Gasteiger partial charge in [-0.1, -0.05) is 12.1 Å². The summed E-state index contributed by atoms with van der Waals surface area (Å²) in [6, 6.07) is 5.72. The topological polar surface area (TPSA) is 73.3 Å². The van der Waals surface area contributed by atoms with Crippen LogP contribution in [0, 0.1) is 12.3 Å². The fourth-order valence-corrected chi connectivity index (χ4v) is 5.58. The van der Waals surface area contributed by atoms with Crippen LogP contribution < -0.4 is 4.90 Å². The molecule has 7 nitrogen and oxygen atoms in total. The minimum atomic E-state index is -4.56. The van der Waals surface area contributed by atoms with Crippen molar-refractivity contribution in [2.75, 3.05) is 37.6 Å². The quantitative estimate of drug-likeness (QED) is 0.649. The summed E-state index contributed by atoms with van der Waals surface area (Å²) >= 11 is 0. The number of ether oxygens (including phenoxy) is 1. The van der Waals surface area contributed by atoms with Crippen LogP contribution >= 0.6 is 0 Å². The van der Waals surface area contributed by atoms with Crippen LogP contribution in [0.4, 0.5) is 23.7 Å². The number of aliphatic carboxylic acids is 1. The summed E-state index contributed by atoms with van der Waals surface area (Å²) in [5.41, 5.74) is 3.26. The number of amides is 1. The van der Waals surface area contributed by atoms with E-state index in [1.165, 1.54) is 4.90 Å². The van der Waals surface area contributed by atoms with Crippen LogP contribution in [0.25, 0.3) is 0 Å². The minimum Gasteiger partial charge on any atom is -0.480 e. The summed E-state index contributed by atoms with van der Waals surface area (Å²) in [7, 11) is 0. The molecule has 0 aliphatic carbocycles. The van der Waals surface area contributed by atoms with E-state index in [0.29, 0.717) is 19.5 Å². The van der Waals surface area contributed by atoms with Gasteiger partial charge in [0.2, 0.25) is 0 Å². The SMILES string of the molecule is Cc1ccc(CN2CC3(CCN(C(=O)OC(C)C(F)(F)F)CC3)C2)c(N2CCCCC2C(=O)O)c1.